The normalized spacial score (nSPS) is 12.3. The number of carboxylic acids is 1. The molecule has 0 spiro atoms. The number of amides is 1. The molecule has 0 saturated carbocycles. The van der Waals surface area contributed by atoms with Gasteiger partial charge in [-0.1, -0.05) is 24.8 Å². The number of carbonyl (C=O) groups is 2. The molecule has 1 amide bonds. The Bertz CT molecular complexity index is 557. The minimum atomic E-state index is -4.56. The molecule has 2 N–H and O–H groups in total. The van der Waals surface area contributed by atoms with Crippen LogP contribution in [0.1, 0.15) is 23.6 Å². The molecule has 0 aromatic heterocycles. The van der Waals surface area contributed by atoms with Crippen molar-refractivity contribution in [3.63, 3.8) is 0 Å². The number of alkyl halides is 3. The van der Waals surface area contributed by atoms with Crippen LogP contribution in [0.15, 0.2) is 36.9 Å². The van der Waals surface area contributed by atoms with E-state index in [9.17, 15) is 22.8 Å². The van der Waals surface area contributed by atoms with Gasteiger partial charge in [0.15, 0.2) is 0 Å². The number of carboxylic acid groups (broad SMARTS) is 1. The van der Waals surface area contributed by atoms with Gasteiger partial charge in [0.1, 0.15) is 6.61 Å². The lowest BCUT2D eigenvalue weighted by Gasteiger charge is -2.18. The van der Waals surface area contributed by atoms with Crippen LogP contribution < -0.4 is 5.32 Å². The SMILES string of the molecule is C=CCOC(=O)NC(CC(=O)O)c1cccc(C(F)(F)F)c1. The third-order valence-corrected chi connectivity index (χ3v) is 2.62. The highest BCUT2D eigenvalue weighted by Crippen LogP contribution is 2.31. The summed E-state index contributed by atoms with van der Waals surface area (Å²) in [5.41, 5.74) is -0.908. The second-order valence-corrected chi connectivity index (χ2v) is 4.31. The van der Waals surface area contributed by atoms with Gasteiger partial charge in [0.2, 0.25) is 0 Å². The smallest absolute Gasteiger partial charge is 0.416 e. The molecule has 1 unspecified atom stereocenters. The molecule has 5 nitrogen and oxygen atoms in total. The van der Waals surface area contributed by atoms with Crippen molar-refractivity contribution in [2.24, 2.45) is 0 Å². The van der Waals surface area contributed by atoms with Gasteiger partial charge >= 0.3 is 18.2 Å². The Kier molecular flexibility index (Phi) is 5.97. The van der Waals surface area contributed by atoms with Crippen LogP contribution in [0, 0.1) is 0 Å². The highest BCUT2D eigenvalue weighted by atomic mass is 19.4. The summed E-state index contributed by atoms with van der Waals surface area (Å²) < 4.78 is 42.7. The van der Waals surface area contributed by atoms with Gasteiger partial charge in [-0.15, -0.1) is 0 Å². The van der Waals surface area contributed by atoms with E-state index in [1.807, 2.05) is 0 Å². The van der Waals surface area contributed by atoms with Crippen LogP contribution in [-0.4, -0.2) is 23.8 Å². The topological polar surface area (TPSA) is 75.6 Å². The maximum Gasteiger partial charge on any atom is 0.416 e. The highest BCUT2D eigenvalue weighted by Gasteiger charge is 2.31. The van der Waals surface area contributed by atoms with Crippen LogP contribution in [0.4, 0.5) is 18.0 Å². The minimum absolute atomic E-state index is 0.0211. The summed E-state index contributed by atoms with van der Waals surface area (Å²) in [5.74, 6) is -1.27. The second-order valence-electron chi connectivity index (χ2n) is 4.31. The highest BCUT2D eigenvalue weighted by molar-refractivity contribution is 5.72. The monoisotopic (exact) mass is 317 g/mol. The van der Waals surface area contributed by atoms with Crippen molar-refractivity contribution < 1.29 is 32.6 Å². The molecule has 22 heavy (non-hydrogen) atoms. The van der Waals surface area contributed by atoms with E-state index >= 15 is 0 Å². The fraction of sp³-hybridized carbons (Fsp3) is 0.286. The number of rotatable bonds is 6. The molecule has 0 heterocycles. The van der Waals surface area contributed by atoms with Crippen molar-refractivity contribution in [1.29, 1.82) is 0 Å². The van der Waals surface area contributed by atoms with Crippen LogP contribution in [0.25, 0.3) is 0 Å². The summed E-state index contributed by atoms with van der Waals surface area (Å²) in [6, 6.07) is 2.95. The zero-order chi connectivity index (χ0) is 16.8. The Hall–Kier alpha value is -2.51. The first-order valence-electron chi connectivity index (χ1n) is 6.17. The van der Waals surface area contributed by atoms with Gasteiger partial charge in [0.05, 0.1) is 18.0 Å². The standard InChI is InChI=1S/C14H14F3NO4/c1-2-6-22-13(21)18-11(8-12(19)20)9-4-3-5-10(7-9)14(15,16)17/h2-5,7,11H,1,6,8H2,(H,18,21)(H,19,20). The molecule has 120 valence electrons. The molecule has 0 aliphatic rings. The number of benzene rings is 1. The van der Waals surface area contributed by atoms with Gasteiger partial charge in [0.25, 0.3) is 0 Å². The molecule has 0 saturated heterocycles. The van der Waals surface area contributed by atoms with Gasteiger partial charge in [0, 0.05) is 0 Å². The molecule has 8 heteroatoms. The maximum absolute atomic E-state index is 12.7. The minimum Gasteiger partial charge on any atom is -0.481 e. The number of ether oxygens (including phenoxy) is 1. The molecular weight excluding hydrogens is 303 g/mol. The summed E-state index contributed by atoms with van der Waals surface area (Å²) in [6.45, 7) is 3.23. The summed E-state index contributed by atoms with van der Waals surface area (Å²) >= 11 is 0. The number of nitrogens with one attached hydrogen (secondary N) is 1. The Morgan fingerprint density at radius 2 is 2.09 bits per heavy atom. The largest absolute Gasteiger partial charge is 0.481 e. The molecule has 0 fully saturated rings. The van der Waals surface area contributed by atoms with Crippen molar-refractivity contribution in [1.82, 2.24) is 5.32 Å². The molecule has 0 radical (unpaired) electrons. The van der Waals surface area contributed by atoms with Gasteiger partial charge in [-0.05, 0) is 17.7 Å². The number of hydrogen-bond acceptors (Lipinski definition) is 3. The van der Waals surface area contributed by atoms with E-state index in [0.29, 0.717) is 0 Å². The fourth-order valence-corrected chi connectivity index (χ4v) is 1.68. The summed E-state index contributed by atoms with van der Waals surface area (Å²) in [7, 11) is 0. The van der Waals surface area contributed by atoms with E-state index in [0.717, 1.165) is 18.2 Å². The fourth-order valence-electron chi connectivity index (χ4n) is 1.68. The maximum atomic E-state index is 12.7. The average Bonchev–Trinajstić information content (AvgIpc) is 2.43. The van der Waals surface area contributed by atoms with E-state index in [-0.39, 0.29) is 12.2 Å². The van der Waals surface area contributed by atoms with E-state index in [1.165, 1.54) is 12.1 Å². The Morgan fingerprint density at radius 1 is 1.41 bits per heavy atom. The first-order chi connectivity index (χ1) is 10.2. The third-order valence-electron chi connectivity index (χ3n) is 2.62. The van der Waals surface area contributed by atoms with E-state index in [2.05, 4.69) is 16.6 Å². The number of alkyl carbamates (subject to hydrolysis) is 1. The zero-order valence-corrected chi connectivity index (χ0v) is 11.4. The Morgan fingerprint density at radius 3 is 2.64 bits per heavy atom. The van der Waals surface area contributed by atoms with Gasteiger partial charge in [-0.25, -0.2) is 4.79 Å². The first-order valence-corrected chi connectivity index (χ1v) is 6.17. The molecule has 1 aromatic carbocycles. The van der Waals surface area contributed by atoms with Crippen LogP contribution in [0.5, 0.6) is 0 Å². The predicted molar refractivity (Wildman–Crippen MR) is 71.1 cm³/mol. The Labute approximate surface area is 124 Å². The van der Waals surface area contributed by atoms with Crippen LogP contribution in [0.3, 0.4) is 0 Å². The number of carbonyl (C=O) groups excluding carboxylic acids is 1. The van der Waals surface area contributed by atoms with E-state index in [1.54, 1.807) is 0 Å². The van der Waals surface area contributed by atoms with Gasteiger partial charge < -0.3 is 15.2 Å². The zero-order valence-electron chi connectivity index (χ0n) is 11.4. The van der Waals surface area contributed by atoms with Crippen LogP contribution in [-0.2, 0) is 15.7 Å². The van der Waals surface area contributed by atoms with Crippen molar-refractivity contribution in [2.45, 2.75) is 18.6 Å². The number of aliphatic carboxylic acids is 1. The lowest BCUT2D eigenvalue weighted by molar-refractivity contribution is -0.138. The summed E-state index contributed by atoms with van der Waals surface area (Å²) in [5, 5.41) is 11.1. The van der Waals surface area contributed by atoms with E-state index in [4.69, 9.17) is 5.11 Å². The van der Waals surface area contributed by atoms with Gasteiger partial charge in [-0.3, -0.25) is 4.79 Å². The predicted octanol–water partition coefficient (Wildman–Crippen LogP) is 3.13. The van der Waals surface area contributed by atoms with Crippen molar-refractivity contribution in [3.8, 4) is 0 Å². The summed E-state index contributed by atoms with van der Waals surface area (Å²) in [6.07, 6.45) is -4.78. The number of halogens is 3. The first kappa shape index (κ1) is 17.5. The molecular formula is C14H14F3NO4. The number of hydrogen-bond donors (Lipinski definition) is 2. The Balaban J connectivity index is 2.98. The third kappa shape index (κ3) is 5.47. The van der Waals surface area contributed by atoms with Crippen LogP contribution in [0.2, 0.25) is 0 Å². The van der Waals surface area contributed by atoms with Crippen molar-refractivity contribution >= 4 is 12.1 Å². The molecule has 1 rings (SSSR count). The lowest BCUT2D eigenvalue weighted by Crippen LogP contribution is -2.31. The molecule has 1 atom stereocenters. The molecule has 0 aliphatic carbocycles. The van der Waals surface area contributed by atoms with Crippen molar-refractivity contribution in [2.75, 3.05) is 6.61 Å². The second kappa shape index (κ2) is 7.48. The quantitative estimate of drug-likeness (QED) is 0.790. The van der Waals surface area contributed by atoms with Gasteiger partial charge in [-0.2, -0.15) is 13.2 Å². The molecule has 1 aromatic rings. The average molecular weight is 317 g/mol. The molecule has 0 bridgehead atoms. The lowest BCUT2D eigenvalue weighted by atomic mass is 10.0. The van der Waals surface area contributed by atoms with Crippen molar-refractivity contribution in [3.05, 3.63) is 48.0 Å². The summed E-state index contributed by atoms with van der Waals surface area (Å²) in [4.78, 5) is 22.3. The van der Waals surface area contributed by atoms with E-state index < -0.39 is 36.3 Å². The van der Waals surface area contributed by atoms with Crippen LogP contribution >= 0.6 is 0 Å². The molecule has 0 aliphatic heterocycles.